The van der Waals surface area contributed by atoms with E-state index in [1.807, 2.05) is 30.3 Å². The Kier molecular flexibility index (Phi) is 5.80. The first-order valence-corrected chi connectivity index (χ1v) is 11.0. The highest BCUT2D eigenvalue weighted by Gasteiger charge is 2.13. The fourth-order valence-corrected chi connectivity index (χ4v) is 3.90. The quantitative estimate of drug-likeness (QED) is 0.291. The van der Waals surface area contributed by atoms with E-state index >= 15 is 0 Å². The molecule has 2 aromatic heterocycles. The van der Waals surface area contributed by atoms with Crippen LogP contribution in [0.2, 0.25) is 10.0 Å². The average Bonchev–Trinajstić information content (AvgIpc) is 3.23. The number of benzene rings is 3. The summed E-state index contributed by atoms with van der Waals surface area (Å²) in [4.78, 5) is 12.3. The van der Waals surface area contributed by atoms with E-state index in [0.29, 0.717) is 28.4 Å². The lowest BCUT2D eigenvalue weighted by molar-refractivity contribution is 0.311. The lowest BCUT2D eigenvalue weighted by Gasteiger charge is -2.09. The van der Waals surface area contributed by atoms with Gasteiger partial charge in [0.1, 0.15) is 5.82 Å². The second kappa shape index (κ2) is 9.03. The zero-order chi connectivity index (χ0) is 21.9. The molecule has 4 nitrogen and oxygen atoms in total. The third-order valence-corrected chi connectivity index (χ3v) is 5.96. The van der Waals surface area contributed by atoms with Gasteiger partial charge in [0.15, 0.2) is 0 Å². The summed E-state index contributed by atoms with van der Waals surface area (Å²) in [5.41, 5.74) is 5.95. The van der Waals surface area contributed by atoms with Crippen LogP contribution < -0.4 is 4.74 Å². The Morgan fingerprint density at radius 2 is 1.56 bits per heavy atom. The molecule has 0 radical (unpaired) electrons. The molecule has 0 saturated carbocycles. The van der Waals surface area contributed by atoms with Crippen LogP contribution in [-0.2, 0) is 6.42 Å². The molecule has 0 bridgehead atoms. The highest BCUT2D eigenvalue weighted by Crippen LogP contribution is 2.31. The Balaban J connectivity index is 1.30. The van der Waals surface area contributed by atoms with Crippen molar-refractivity contribution in [1.29, 1.82) is 0 Å². The molecule has 158 valence electrons. The van der Waals surface area contributed by atoms with E-state index in [1.54, 1.807) is 18.3 Å². The fraction of sp³-hybridized carbons (Fsp3) is 0.0769. The van der Waals surface area contributed by atoms with Gasteiger partial charge in [-0.1, -0.05) is 77.8 Å². The van der Waals surface area contributed by atoms with Crippen LogP contribution in [0.1, 0.15) is 5.56 Å². The van der Waals surface area contributed by atoms with Gasteiger partial charge >= 0.3 is 0 Å². The number of fused-ring (bicyclic) bond motifs is 1. The smallest absolute Gasteiger partial charge is 0.224 e. The first-order valence-electron chi connectivity index (χ1n) is 10.2. The number of halogens is 2. The van der Waals surface area contributed by atoms with E-state index in [1.165, 1.54) is 16.7 Å². The molecular formula is C26H19Cl2N3O. The first-order chi connectivity index (χ1) is 15.7. The average molecular weight is 460 g/mol. The highest BCUT2D eigenvalue weighted by molar-refractivity contribution is 6.42. The minimum atomic E-state index is 0.471. The normalized spacial score (nSPS) is 11.1. The molecule has 0 aliphatic heterocycles. The van der Waals surface area contributed by atoms with E-state index in [2.05, 4.69) is 51.4 Å². The number of imidazole rings is 1. The number of aromatic nitrogens is 3. The molecule has 5 aromatic rings. The number of pyridine rings is 1. The Labute approximate surface area is 195 Å². The van der Waals surface area contributed by atoms with Gasteiger partial charge < -0.3 is 9.72 Å². The van der Waals surface area contributed by atoms with Crippen molar-refractivity contribution < 1.29 is 4.74 Å². The van der Waals surface area contributed by atoms with Crippen molar-refractivity contribution in [2.75, 3.05) is 6.61 Å². The minimum Gasteiger partial charge on any atom is -0.477 e. The van der Waals surface area contributed by atoms with Crippen molar-refractivity contribution >= 4 is 34.2 Å². The molecule has 0 unspecified atom stereocenters. The van der Waals surface area contributed by atoms with Crippen molar-refractivity contribution in [3.8, 4) is 28.4 Å². The van der Waals surface area contributed by atoms with Crippen LogP contribution in [0.3, 0.4) is 0 Å². The molecule has 5 rings (SSSR count). The number of ether oxygens (including phenoxy) is 1. The summed E-state index contributed by atoms with van der Waals surface area (Å²) in [5, 5.41) is 0.952. The zero-order valence-electron chi connectivity index (χ0n) is 17.1. The summed E-state index contributed by atoms with van der Waals surface area (Å²) in [6.45, 7) is 0.507. The molecule has 6 heteroatoms. The van der Waals surface area contributed by atoms with Crippen molar-refractivity contribution in [2.45, 2.75) is 6.42 Å². The van der Waals surface area contributed by atoms with Gasteiger partial charge in [-0.3, -0.25) is 0 Å². The number of nitrogens with zero attached hydrogens (tertiary/aromatic N) is 2. The number of rotatable bonds is 6. The number of hydrogen-bond acceptors (Lipinski definition) is 3. The maximum atomic E-state index is 6.13. The summed E-state index contributed by atoms with van der Waals surface area (Å²) < 4.78 is 6.03. The molecule has 1 N–H and O–H groups in total. The summed E-state index contributed by atoms with van der Waals surface area (Å²) in [5.74, 6) is 1.19. The Hall–Kier alpha value is -3.34. The fourth-order valence-electron chi connectivity index (χ4n) is 3.58. The SMILES string of the molecule is Clc1cc2nc(-c3cccnc3OCCc3ccc(-c4ccccc4)cc3)[nH]c2cc1Cl. The predicted molar refractivity (Wildman–Crippen MR) is 130 cm³/mol. The second-order valence-electron chi connectivity index (χ2n) is 7.39. The standard InChI is InChI=1S/C26H19Cl2N3O/c27-21-15-23-24(16-22(21)28)31-25(30-23)20-7-4-13-29-26(20)32-14-12-17-8-10-19(11-9-17)18-5-2-1-3-6-18/h1-11,13,15-16H,12,14H2,(H,30,31). The van der Waals surface area contributed by atoms with Gasteiger partial charge in [0.25, 0.3) is 0 Å². The van der Waals surface area contributed by atoms with Gasteiger partial charge in [0, 0.05) is 12.6 Å². The van der Waals surface area contributed by atoms with Gasteiger partial charge in [-0.25, -0.2) is 9.97 Å². The monoisotopic (exact) mass is 459 g/mol. The van der Waals surface area contributed by atoms with Crippen LogP contribution in [0.4, 0.5) is 0 Å². The van der Waals surface area contributed by atoms with E-state index in [0.717, 1.165) is 23.0 Å². The number of hydrogen-bond donors (Lipinski definition) is 1. The molecule has 0 spiro atoms. The van der Waals surface area contributed by atoms with E-state index < -0.39 is 0 Å². The molecule has 0 aliphatic carbocycles. The van der Waals surface area contributed by atoms with Gasteiger partial charge in [0.2, 0.25) is 5.88 Å². The van der Waals surface area contributed by atoms with E-state index in [-0.39, 0.29) is 0 Å². The second-order valence-corrected chi connectivity index (χ2v) is 8.20. The number of H-pyrrole nitrogens is 1. The first kappa shape index (κ1) is 20.6. The maximum absolute atomic E-state index is 6.13. The Morgan fingerprint density at radius 3 is 2.38 bits per heavy atom. The largest absolute Gasteiger partial charge is 0.477 e. The van der Waals surface area contributed by atoms with Crippen molar-refractivity contribution in [1.82, 2.24) is 15.0 Å². The molecule has 0 atom stereocenters. The Morgan fingerprint density at radius 1 is 0.812 bits per heavy atom. The molecule has 0 fully saturated rings. The molecule has 2 heterocycles. The predicted octanol–water partition coefficient (Wildman–Crippen LogP) is 7.22. The summed E-state index contributed by atoms with van der Waals surface area (Å²) in [7, 11) is 0. The van der Waals surface area contributed by atoms with Crippen LogP contribution in [-0.4, -0.2) is 21.6 Å². The van der Waals surface area contributed by atoms with Crippen LogP contribution in [0.15, 0.2) is 85.1 Å². The molecular weight excluding hydrogens is 441 g/mol. The van der Waals surface area contributed by atoms with Crippen LogP contribution in [0, 0.1) is 0 Å². The Bertz CT molecular complexity index is 1330. The summed E-state index contributed by atoms with van der Waals surface area (Å²) in [6.07, 6.45) is 2.49. The van der Waals surface area contributed by atoms with Crippen LogP contribution in [0.5, 0.6) is 5.88 Å². The van der Waals surface area contributed by atoms with Gasteiger partial charge in [-0.15, -0.1) is 0 Å². The molecule has 0 saturated heterocycles. The van der Waals surface area contributed by atoms with Gasteiger partial charge in [-0.2, -0.15) is 0 Å². The zero-order valence-corrected chi connectivity index (χ0v) is 18.6. The molecule has 3 aromatic carbocycles. The van der Waals surface area contributed by atoms with Crippen LogP contribution >= 0.6 is 23.2 Å². The molecule has 32 heavy (non-hydrogen) atoms. The summed E-state index contributed by atoms with van der Waals surface area (Å²) >= 11 is 12.3. The van der Waals surface area contributed by atoms with Crippen molar-refractivity contribution in [3.63, 3.8) is 0 Å². The minimum absolute atomic E-state index is 0.471. The molecule has 0 amide bonds. The lowest BCUT2D eigenvalue weighted by atomic mass is 10.0. The maximum Gasteiger partial charge on any atom is 0.224 e. The number of aromatic amines is 1. The number of nitrogens with one attached hydrogen (secondary N) is 1. The van der Waals surface area contributed by atoms with Gasteiger partial charge in [-0.05, 0) is 41.0 Å². The van der Waals surface area contributed by atoms with E-state index in [9.17, 15) is 0 Å². The lowest BCUT2D eigenvalue weighted by Crippen LogP contribution is -2.04. The van der Waals surface area contributed by atoms with Crippen molar-refractivity contribution in [2.24, 2.45) is 0 Å². The van der Waals surface area contributed by atoms with Crippen molar-refractivity contribution in [3.05, 3.63) is 101 Å². The van der Waals surface area contributed by atoms with Gasteiger partial charge in [0.05, 0.1) is 33.2 Å². The third kappa shape index (κ3) is 4.33. The molecule has 0 aliphatic rings. The topological polar surface area (TPSA) is 50.8 Å². The summed E-state index contributed by atoms with van der Waals surface area (Å²) in [6, 6.07) is 26.2. The van der Waals surface area contributed by atoms with E-state index in [4.69, 9.17) is 27.9 Å². The third-order valence-electron chi connectivity index (χ3n) is 5.24. The highest BCUT2D eigenvalue weighted by atomic mass is 35.5. The van der Waals surface area contributed by atoms with Crippen LogP contribution in [0.25, 0.3) is 33.5 Å².